The van der Waals surface area contributed by atoms with E-state index in [0.717, 1.165) is 0 Å². The number of allylic oxidation sites excluding steroid dienone is 3. The van der Waals surface area contributed by atoms with Crippen molar-refractivity contribution in [2.45, 2.75) is 94.3 Å². The average molecular weight is 555 g/mol. The Kier molecular flexibility index (Phi) is 6.84. The molecule has 0 spiro atoms. The molecule has 0 aromatic carbocycles. The van der Waals surface area contributed by atoms with Gasteiger partial charge in [0.05, 0.1) is 12.7 Å². The van der Waals surface area contributed by atoms with Gasteiger partial charge in [0.25, 0.3) is 0 Å². The lowest BCUT2D eigenvalue weighted by Gasteiger charge is -2.63. The van der Waals surface area contributed by atoms with E-state index in [-0.39, 0.29) is 18.4 Å². The number of carbonyl (C=O) groups excluding carboxylic acids is 2. The minimum atomic E-state index is -2.32. The lowest BCUT2D eigenvalue weighted by Crippen LogP contribution is -2.69. The fourth-order valence-corrected chi connectivity index (χ4v) is 8.97. The molecule has 10 nitrogen and oxygen atoms in total. The van der Waals surface area contributed by atoms with Gasteiger partial charge in [-0.3, -0.25) is 9.59 Å². The van der Waals surface area contributed by atoms with Crippen molar-refractivity contribution in [3.05, 3.63) is 23.3 Å². The second-order valence-corrected chi connectivity index (χ2v) is 12.7. The van der Waals surface area contributed by atoms with E-state index < -0.39 is 101 Å². The number of aliphatic hydroxyl groups is 7. The SMILES string of the molecule is C[C@@H]1C[C@H]2[C@@H]3CCC4=CC(=O)C(C5O[C@H](CO)[C@@H](O)[C@H](O)[C@H]5O)=C[C@]4(C)[C@@]3(F)[C@@H](O)C[C@]2(C)[C@@]1(O)C(=O)CO. The fraction of sp³-hybridized carbons (Fsp3) is 0.786. The molecule has 4 aliphatic carbocycles. The second kappa shape index (κ2) is 9.22. The van der Waals surface area contributed by atoms with Gasteiger partial charge >= 0.3 is 0 Å². The topological polar surface area (TPSA) is 185 Å². The molecule has 3 saturated carbocycles. The van der Waals surface area contributed by atoms with Crippen LogP contribution in [0.25, 0.3) is 0 Å². The van der Waals surface area contributed by atoms with Gasteiger partial charge in [0.1, 0.15) is 42.7 Å². The van der Waals surface area contributed by atoms with Gasteiger partial charge in [-0.25, -0.2) is 4.39 Å². The van der Waals surface area contributed by atoms with Gasteiger partial charge in [0, 0.05) is 22.3 Å². The van der Waals surface area contributed by atoms with E-state index in [1.54, 1.807) is 20.8 Å². The van der Waals surface area contributed by atoms with E-state index in [1.165, 1.54) is 12.2 Å². The smallest absolute Gasteiger partial charge is 0.190 e. The highest BCUT2D eigenvalue weighted by Gasteiger charge is 2.75. The molecule has 5 rings (SSSR count). The van der Waals surface area contributed by atoms with Crippen molar-refractivity contribution in [3.63, 3.8) is 0 Å². The third kappa shape index (κ3) is 3.48. The Labute approximate surface area is 225 Å². The van der Waals surface area contributed by atoms with Gasteiger partial charge in [-0.05, 0) is 50.5 Å². The molecule has 0 aromatic heterocycles. The van der Waals surface area contributed by atoms with Crippen molar-refractivity contribution >= 4 is 11.6 Å². The highest BCUT2D eigenvalue weighted by molar-refractivity contribution is 6.07. The van der Waals surface area contributed by atoms with E-state index in [1.807, 2.05) is 0 Å². The largest absolute Gasteiger partial charge is 0.394 e. The number of alkyl halides is 1. The summed E-state index contributed by atoms with van der Waals surface area (Å²) in [5.41, 5.74) is -6.69. The van der Waals surface area contributed by atoms with E-state index in [9.17, 15) is 45.3 Å². The summed E-state index contributed by atoms with van der Waals surface area (Å²) in [6, 6.07) is 0. The van der Waals surface area contributed by atoms with Crippen LogP contribution in [0.2, 0.25) is 0 Å². The van der Waals surface area contributed by atoms with Crippen LogP contribution in [0.1, 0.15) is 46.5 Å². The second-order valence-electron chi connectivity index (χ2n) is 12.7. The molecule has 4 fully saturated rings. The van der Waals surface area contributed by atoms with Gasteiger partial charge < -0.3 is 40.5 Å². The highest BCUT2D eigenvalue weighted by atomic mass is 19.1. The maximum absolute atomic E-state index is 17.8. The summed E-state index contributed by atoms with van der Waals surface area (Å²) in [4.78, 5) is 26.0. The van der Waals surface area contributed by atoms with Gasteiger partial charge in [-0.1, -0.05) is 25.5 Å². The summed E-state index contributed by atoms with van der Waals surface area (Å²) in [5, 5.41) is 73.5. The number of ketones is 2. The number of Topliss-reactive ketones (excluding diaryl/α,β-unsaturated/α-hetero) is 1. The Hall–Kier alpha value is -1.57. The number of hydrogen-bond donors (Lipinski definition) is 7. The van der Waals surface area contributed by atoms with Crippen molar-refractivity contribution < 1.29 is 54.5 Å². The van der Waals surface area contributed by atoms with Crippen molar-refractivity contribution in [2.24, 2.45) is 28.6 Å². The van der Waals surface area contributed by atoms with Crippen molar-refractivity contribution in [3.8, 4) is 0 Å². The molecule has 1 heterocycles. The van der Waals surface area contributed by atoms with Crippen LogP contribution >= 0.6 is 0 Å². The summed E-state index contributed by atoms with van der Waals surface area (Å²) >= 11 is 0. The quantitative estimate of drug-likeness (QED) is 0.230. The molecule has 5 aliphatic rings. The summed E-state index contributed by atoms with van der Waals surface area (Å²) in [5.74, 6) is -3.23. The molecule has 7 N–H and O–H groups in total. The van der Waals surface area contributed by atoms with E-state index in [0.29, 0.717) is 18.4 Å². The van der Waals surface area contributed by atoms with Crippen LogP contribution < -0.4 is 0 Å². The number of carbonyl (C=O) groups is 2. The molecule has 13 atom stereocenters. The summed E-state index contributed by atoms with van der Waals surface area (Å²) in [7, 11) is 0. The number of hydrogen-bond acceptors (Lipinski definition) is 10. The fourth-order valence-electron chi connectivity index (χ4n) is 8.97. The van der Waals surface area contributed by atoms with Gasteiger partial charge in [0.15, 0.2) is 17.2 Å². The summed E-state index contributed by atoms with van der Waals surface area (Å²) < 4.78 is 23.4. The van der Waals surface area contributed by atoms with Crippen LogP contribution in [0.4, 0.5) is 4.39 Å². The number of rotatable bonds is 4. The first kappa shape index (κ1) is 28.9. The van der Waals surface area contributed by atoms with Crippen LogP contribution in [0.5, 0.6) is 0 Å². The van der Waals surface area contributed by atoms with Crippen LogP contribution in [-0.4, -0.2) is 108 Å². The zero-order valence-corrected chi connectivity index (χ0v) is 22.3. The van der Waals surface area contributed by atoms with E-state index >= 15 is 4.39 Å². The third-order valence-electron chi connectivity index (χ3n) is 11.1. The Morgan fingerprint density at radius 1 is 1.10 bits per heavy atom. The van der Waals surface area contributed by atoms with Crippen LogP contribution in [-0.2, 0) is 14.3 Å². The van der Waals surface area contributed by atoms with Crippen LogP contribution in [0.3, 0.4) is 0 Å². The molecular weight excluding hydrogens is 515 g/mol. The number of aliphatic hydroxyl groups excluding tert-OH is 6. The molecule has 0 radical (unpaired) electrons. The lowest BCUT2D eigenvalue weighted by molar-refractivity contribution is -0.223. The predicted octanol–water partition coefficient (Wildman–Crippen LogP) is -0.892. The van der Waals surface area contributed by atoms with Crippen LogP contribution in [0, 0.1) is 28.6 Å². The monoisotopic (exact) mass is 554 g/mol. The molecule has 39 heavy (non-hydrogen) atoms. The van der Waals surface area contributed by atoms with E-state index in [4.69, 9.17) is 4.74 Å². The number of halogens is 1. The van der Waals surface area contributed by atoms with Gasteiger partial charge in [-0.2, -0.15) is 0 Å². The molecule has 0 amide bonds. The zero-order valence-electron chi connectivity index (χ0n) is 22.3. The molecule has 0 bridgehead atoms. The maximum atomic E-state index is 17.8. The average Bonchev–Trinajstić information content (AvgIpc) is 3.09. The third-order valence-corrected chi connectivity index (χ3v) is 11.1. The minimum Gasteiger partial charge on any atom is -0.394 e. The summed E-state index contributed by atoms with van der Waals surface area (Å²) in [6.07, 6.45) is -6.21. The van der Waals surface area contributed by atoms with Crippen molar-refractivity contribution in [1.82, 2.24) is 0 Å². The van der Waals surface area contributed by atoms with Crippen molar-refractivity contribution in [1.29, 1.82) is 0 Å². The maximum Gasteiger partial charge on any atom is 0.190 e. The Morgan fingerprint density at radius 3 is 2.38 bits per heavy atom. The van der Waals surface area contributed by atoms with Gasteiger partial charge in [-0.15, -0.1) is 0 Å². The normalized spacial score (nSPS) is 53.3. The first-order valence-corrected chi connectivity index (χ1v) is 13.7. The van der Waals surface area contributed by atoms with E-state index in [2.05, 4.69) is 0 Å². The summed E-state index contributed by atoms with van der Waals surface area (Å²) in [6.45, 7) is 3.36. The molecule has 11 heteroatoms. The molecule has 218 valence electrons. The van der Waals surface area contributed by atoms with Gasteiger partial charge in [0.2, 0.25) is 0 Å². The molecule has 1 saturated heterocycles. The standard InChI is InChI=1S/C28H39FO10/c1-12-6-16-15-5-4-13-7-17(32)14(24-23(37)22(36)21(35)18(10-30)39-24)8-25(13,2)27(15,29)19(33)9-26(16,3)28(12,38)20(34)11-31/h7-8,12,15-16,18-19,21-24,30-31,33,35-38H,4-6,9-11H2,1-3H3/t12-,15+,16+,18-,19+,21-,22+,23-,24?,25+,26+,27+,28+/m1/s1. The Balaban J connectivity index is 1.59. The molecular formula is C28H39FO10. The van der Waals surface area contributed by atoms with Crippen molar-refractivity contribution in [2.75, 3.05) is 13.2 Å². The minimum absolute atomic E-state index is 0.150. The Morgan fingerprint density at radius 2 is 1.77 bits per heavy atom. The van der Waals surface area contributed by atoms with Crippen LogP contribution in [0.15, 0.2) is 23.3 Å². The lowest BCUT2D eigenvalue weighted by atomic mass is 9.44. The first-order chi connectivity index (χ1) is 18.1. The zero-order chi connectivity index (χ0) is 28.9. The predicted molar refractivity (Wildman–Crippen MR) is 133 cm³/mol. The number of ether oxygens (including phenoxy) is 1. The molecule has 1 aliphatic heterocycles. The molecule has 0 aromatic rings. The number of fused-ring (bicyclic) bond motifs is 5. The Bertz CT molecular complexity index is 1120. The molecule has 1 unspecified atom stereocenters. The first-order valence-electron chi connectivity index (χ1n) is 13.7. The highest BCUT2D eigenvalue weighted by Crippen LogP contribution is 2.71.